The molecule has 1 aromatic heterocycles. The van der Waals surface area contributed by atoms with E-state index in [2.05, 4.69) is 26.0 Å². The van der Waals surface area contributed by atoms with Crippen LogP contribution in [0, 0.1) is 0 Å². The molecule has 1 fully saturated rings. The van der Waals surface area contributed by atoms with Crippen LogP contribution in [0.5, 0.6) is 11.5 Å². The average molecular weight is 500 g/mol. The van der Waals surface area contributed by atoms with Crippen LogP contribution in [0.1, 0.15) is 28.8 Å². The molecular formula is C19H16BrClN2O7. The summed E-state index contributed by atoms with van der Waals surface area (Å²) in [5.74, 6) is -1.19. The molecule has 3 rings (SSSR count). The molecule has 158 valence electrons. The molecule has 1 aromatic carbocycles. The van der Waals surface area contributed by atoms with Gasteiger partial charge in [0, 0.05) is 4.47 Å². The van der Waals surface area contributed by atoms with Gasteiger partial charge in [-0.3, -0.25) is 9.69 Å². The summed E-state index contributed by atoms with van der Waals surface area (Å²) < 4.78 is 15.5. The molecule has 0 saturated carbocycles. The zero-order valence-corrected chi connectivity index (χ0v) is 18.2. The third-order valence-electron chi connectivity index (χ3n) is 4.10. The van der Waals surface area contributed by atoms with E-state index in [1.165, 1.54) is 31.4 Å². The molecule has 1 aliphatic heterocycles. The van der Waals surface area contributed by atoms with Crippen LogP contribution in [-0.2, 0) is 16.1 Å². The number of halogens is 2. The number of nitrogens with one attached hydrogen (secondary N) is 1. The zero-order chi connectivity index (χ0) is 22.0. The first-order valence-electron chi connectivity index (χ1n) is 8.62. The Bertz CT molecular complexity index is 1060. The van der Waals surface area contributed by atoms with Crippen molar-refractivity contribution in [2.24, 2.45) is 0 Å². The predicted octanol–water partition coefficient (Wildman–Crippen LogP) is 3.68. The fraction of sp³-hybridized carbons (Fsp3) is 0.211. The molecule has 0 radical (unpaired) electrons. The third kappa shape index (κ3) is 4.14. The number of urea groups is 1. The van der Waals surface area contributed by atoms with Crippen LogP contribution in [0.2, 0.25) is 5.02 Å². The van der Waals surface area contributed by atoms with Gasteiger partial charge in [-0.25, -0.2) is 9.59 Å². The molecule has 0 unspecified atom stereocenters. The van der Waals surface area contributed by atoms with E-state index in [9.17, 15) is 19.5 Å². The lowest BCUT2D eigenvalue weighted by molar-refractivity contribution is -0.123. The number of rotatable bonds is 6. The summed E-state index contributed by atoms with van der Waals surface area (Å²) in [7, 11) is 1.21. The Labute approximate surface area is 184 Å². The van der Waals surface area contributed by atoms with Crippen molar-refractivity contribution >= 4 is 51.5 Å². The molecule has 2 N–H and O–H groups in total. The summed E-state index contributed by atoms with van der Waals surface area (Å²) in [6, 6.07) is 3.69. The highest BCUT2D eigenvalue weighted by molar-refractivity contribution is 9.10. The van der Waals surface area contributed by atoms with Crippen molar-refractivity contribution in [2.75, 3.05) is 13.7 Å². The highest BCUT2D eigenvalue weighted by atomic mass is 79.9. The number of carbonyl (C=O) groups is 3. The number of imide groups is 1. The number of amides is 3. The number of carbonyl (C=O) groups excluding carboxylic acids is 3. The van der Waals surface area contributed by atoms with E-state index in [1.54, 1.807) is 6.92 Å². The number of methoxy groups -OCH3 is 1. The lowest BCUT2D eigenvalue weighted by atomic mass is 10.1. The second-order valence-electron chi connectivity index (χ2n) is 6.01. The molecule has 1 saturated heterocycles. The van der Waals surface area contributed by atoms with Gasteiger partial charge >= 0.3 is 12.0 Å². The number of hydrogen-bond donors (Lipinski definition) is 2. The molecule has 0 aliphatic carbocycles. The average Bonchev–Trinajstić information content (AvgIpc) is 3.30. The Morgan fingerprint density at radius 1 is 1.40 bits per heavy atom. The SMILES string of the molecule is CCOc1cc(/C=C2\NC(=O)N(Cc3ccc(C(=O)OC)o3)C2=O)c(Br)c(Cl)c1O. The van der Waals surface area contributed by atoms with Gasteiger partial charge in [0.25, 0.3) is 5.91 Å². The first-order valence-corrected chi connectivity index (χ1v) is 9.79. The molecule has 0 bridgehead atoms. The first-order chi connectivity index (χ1) is 14.3. The summed E-state index contributed by atoms with van der Waals surface area (Å²) in [6.07, 6.45) is 1.40. The molecule has 1 aliphatic rings. The second-order valence-corrected chi connectivity index (χ2v) is 7.18. The van der Waals surface area contributed by atoms with Gasteiger partial charge in [0.05, 0.1) is 20.3 Å². The Kier molecular flexibility index (Phi) is 6.37. The topological polar surface area (TPSA) is 118 Å². The van der Waals surface area contributed by atoms with Crippen LogP contribution in [0.3, 0.4) is 0 Å². The number of ether oxygens (including phenoxy) is 2. The number of phenolic OH excluding ortho intramolecular Hbond substituents is 1. The van der Waals surface area contributed by atoms with E-state index in [0.717, 1.165) is 4.90 Å². The number of aromatic hydroxyl groups is 1. The third-order valence-corrected chi connectivity index (χ3v) is 5.55. The summed E-state index contributed by atoms with van der Waals surface area (Å²) in [4.78, 5) is 37.4. The van der Waals surface area contributed by atoms with Crippen molar-refractivity contribution in [3.63, 3.8) is 0 Å². The number of esters is 1. The van der Waals surface area contributed by atoms with Crippen LogP contribution in [0.25, 0.3) is 6.08 Å². The Hall–Kier alpha value is -2.98. The minimum absolute atomic E-state index is 0.00681. The van der Waals surface area contributed by atoms with Crippen LogP contribution in [0.4, 0.5) is 4.79 Å². The molecule has 0 atom stereocenters. The van der Waals surface area contributed by atoms with Gasteiger partial charge in [0.15, 0.2) is 11.5 Å². The zero-order valence-electron chi connectivity index (χ0n) is 15.8. The predicted molar refractivity (Wildman–Crippen MR) is 109 cm³/mol. The lowest BCUT2D eigenvalue weighted by Crippen LogP contribution is -2.30. The highest BCUT2D eigenvalue weighted by Gasteiger charge is 2.34. The van der Waals surface area contributed by atoms with Crippen LogP contribution >= 0.6 is 27.5 Å². The van der Waals surface area contributed by atoms with E-state index in [4.69, 9.17) is 20.8 Å². The van der Waals surface area contributed by atoms with Crippen molar-refractivity contribution in [2.45, 2.75) is 13.5 Å². The quantitative estimate of drug-likeness (QED) is 0.353. The van der Waals surface area contributed by atoms with Crippen LogP contribution in [-0.4, -0.2) is 41.6 Å². The van der Waals surface area contributed by atoms with Gasteiger partial charge in [0.1, 0.15) is 16.5 Å². The number of benzene rings is 1. The van der Waals surface area contributed by atoms with Crippen molar-refractivity contribution in [1.29, 1.82) is 0 Å². The molecule has 2 aromatic rings. The standard InChI is InChI=1S/C19H16BrClN2O7/c1-3-29-13-7-9(14(20)15(21)16(13)24)6-11-17(25)23(19(27)22-11)8-10-4-5-12(30-10)18(26)28-2/h4-7,24H,3,8H2,1-2H3,(H,22,27)/b11-6-. The minimum Gasteiger partial charge on any atom is -0.503 e. The van der Waals surface area contributed by atoms with E-state index < -0.39 is 17.9 Å². The van der Waals surface area contributed by atoms with Crippen LogP contribution < -0.4 is 10.1 Å². The summed E-state index contributed by atoms with van der Waals surface area (Å²) in [5, 5.41) is 12.5. The Balaban J connectivity index is 1.86. The number of furan rings is 1. The Morgan fingerprint density at radius 2 is 2.13 bits per heavy atom. The van der Waals surface area contributed by atoms with Gasteiger partial charge in [0.2, 0.25) is 5.76 Å². The number of phenols is 1. The highest BCUT2D eigenvalue weighted by Crippen LogP contribution is 2.42. The molecule has 9 nitrogen and oxygen atoms in total. The molecule has 30 heavy (non-hydrogen) atoms. The first kappa shape index (κ1) is 21.7. The lowest BCUT2D eigenvalue weighted by Gasteiger charge is -2.11. The smallest absolute Gasteiger partial charge is 0.373 e. The van der Waals surface area contributed by atoms with E-state index in [0.29, 0.717) is 16.6 Å². The van der Waals surface area contributed by atoms with E-state index >= 15 is 0 Å². The molecule has 0 spiro atoms. The Morgan fingerprint density at radius 3 is 2.80 bits per heavy atom. The number of hydrogen-bond acceptors (Lipinski definition) is 7. The fourth-order valence-corrected chi connectivity index (χ4v) is 3.30. The molecule has 3 amide bonds. The summed E-state index contributed by atoms with van der Waals surface area (Å²) in [5.41, 5.74) is 0.405. The van der Waals surface area contributed by atoms with Gasteiger partial charge in [-0.1, -0.05) is 11.6 Å². The minimum atomic E-state index is -0.668. The largest absolute Gasteiger partial charge is 0.503 e. The maximum absolute atomic E-state index is 12.7. The molecule has 2 heterocycles. The summed E-state index contributed by atoms with van der Waals surface area (Å²) in [6.45, 7) is 1.86. The van der Waals surface area contributed by atoms with Crippen LogP contribution in [0.15, 0.2) is 32.8 Å². The van der Waals surface area contributed by atoms with Crippen molar-refractivity contribution in [1.82, 2.24) is 10.2 Å². The van der Waals surface area contributed by atoms with Gasteiger partial charge < -0.3 is 24.3 Å². The number of nitrogens with zero attached hydrogens (tertiary/aromatic N) is 1. The monoisotopic (exact) mass is 498 g/mol. The van der Waals surface area contributed by atoms with Crippen molar-refractivity contribution < 1.29 is 33.4 Å². The molecule has 11 heteroatoms. The normalized spacial score (nSPS) is 14.9. The van der Waals surface area contributed by atoms with Gasteiger partial charge in [-0.2, -0.15) is 0 Å². The maximum atomic E-state index is 12.7. The van der Waals surface area contributed by atoms with E-state index in [1.807, 2.05) is 0 Å². The molecular weight excluding hydrogens is 484 g/mol. The van der Waals surface area contributed by atoms with E-state index in [-0.39, 0.29) is 40.3 Å². The second kappa shape index (κ2) is 8.80. The summed E-state index contributed by atoms with van der Waals surface area (Å²) >= 11 is 9.37. The van der Waals surface area contributed by atoms with Gasteiger partial charge in [-0.15, -0.1) is 0 Å². The van der Waals surface area contributed by atoms with Gasteiger partial charge in [-0.05, 0) is 52.7 Å². The maximum Gasteiger partial charge on any atom is 0.373 e. The fourth-order valence-electron chi connectivity index (χ4n) is 2.68. The van der Waals surface area contributed by atoms with Crippen molar-refractivity contribution in [3.8, 4) is 11.5 Å². The van der Waals surface area contributed by atoms with Crippen molar-refractivity contribution in [3.05, 3.63) is 50.5 Å².